The molecule has 0 bridgehead atoms. The van der Waals surface area contributed by atoms with Crippen LogP contribution in [0.25, 0.3) is 10.9 Å². The molecule has 1 aromatic heterocycles. The summed E-state index contributed by atoms with van der Waals surface area (Å²) in [5, 5.41) is 20.1. The monoisotopic (exact) mass is 251 g/mol. The van der Waals surface area contributed by atoms with E-state index in [1.54, 1.807) is 18.2 Å². The van der Waals surface area contributed by atoms with Crippen molar-refractivity contribution in [2.24, 2.45) is 0 Å². The fourth-order valence-electron chi connectivity index (χ4n) is 1.60. The molecule has 0 aliphatic rings. The van der Waals surface area contributed by atoms with Crippen LogP contribution in [0.1, 0.15) is 11.7 Å². The summed E-state index contributed by atoms with van der Waals surface area (Å²) in [6, 6.07) is 5.12. The summed E-state index contributed by atoms with van der Waals surface area (Å²) in [7, 11) is 0. The van der Waals surface area contributed by atoms with Gasteiger partial charge in [-0.25, -0.2) is 9.97 Å². The van der Waals surface area contributed by atoms with E-state index >= 15 is 0 Å². The van der Waals surface area contributed by atoms with Gasteiger partial charge in [0, 0.05) is 11.1 Å². The first-order valence-corrected chi connectivity index (χ1v) is 5.74. The van der Waals surface area contributed by atoms with Crippen LogP contribution >= 0.6 is 12.6 Å². The van der Waals surface area contributed by atoms with Crippen LogP contribution in [0.3, 0.4) is 0 Å². The Morgan fingerprint density at radius 2 is 2.06 bits per heavy atom. The Bertz CT molecular complexity index is 535. The van der Waals surface area contributed by atoms with Gasteiger partial charge in [-0.05, 0) is 17.7 Å². The van der Waals surface area contributed by atoms with Gasteiger partial charge in [-0.3, -0.25) is 0 Å². The maximum absolute atomic E-state index is 9.86. The number of rotatable bonds is 3. The Morgan fingerprint density at radius 3 is 2.76 bits per heavy atom. The second-order valence-electron chi connectivity index (χ2n) is 3.73. The molecule has 6 heteroatoms. The van der Waals surface area contributed by atoms with Gasteiger partial charge in [0.1, 0.15) is 18.2 Å². The van der Waals surface area contributed by atoms with E-state index in [-0.39, 0.29) is 5.75 Å². The molecule has 2 unspecified atom stereocenters. The van der Waals surface area contributed by atoms with Gasteiger partial charge < -0.3 is 15.9 Å². The van der Waals surface area contributed by atoms with Crippen LogP contribution in [0, 0.1) is 0 Å². The highest BCUT2D eigenvalue weighted by Crippen LogP contribution is 2.24. The van der Waals surface area contributed by atoms with Crippen molar-refractivity contribution in [2.45, 2.75) is 12.2 Å². The normalized spacial score (nSPS) is 14.8. The van der Waals surface area contributed by atoms with Gasteiger partial charge in [0.15, 0.2) is 0 Å². The van der Waals surface area contributed by atoms with E-state index < -0.39 is 12.2 Å². The first kappa shape index (κ1) is 12.1. The number of fused-ring (bicyclic) bond motifs is 1. The van der Waals surface area contributed by atoms with E-state index in [4.69, 9.17) is 5.73 Å². The van der Waals surface area contributed by atoms with E-state index in [2.05, 4.69) is 22.6 Å². The molecular weight excluding hydrogens is 238 g/mol. The molecule has 0 aliphatic carbocycles. The van der Waals surface area contributed by atoms with Crippen molar-refractivity contribution in [1.82, 2.24) is 9.97 Å². The Labute approximate surface area is 104 Å². The number of nitrogen functional groups attached to an aromatic ring is 1. The summed E-state index contributed by atoms with van der Waals surface area (Å²) >= 11 is 3.94. The average Bonchev–Trinajstić information content (AvgIpc) is 2.37. The predicted octanol–water partition coefficient (Wildman–Crippen LogP) is 0.536. The minimum Gasteiger partial charge on any atom is -0.389 e. The SMILES string of the molecule is Nc1ncnc2ccc(C(O)C(O)CS)cc12. The predicted molar refractivity (Wildman–Crippen MR) is 68.8 cm³/mol. The summed E-state index contributed by atoms with van der Waals surface area (Å²) in [5.74, 6) is 0.532. The van der Waals surface area contributed by atoms with Crippen molar-refractivity contribution in [1.29, 1.82) is 0 Å². The Kier molecular flexibility index (Phi) is 3.46. The zero-order valence-electron chi connectivity index (χ0n) is 8.98. The molecule has 0 fully saturated rings. The number of hydrogen-bond acceptors (Lipinski definition) is 6. The van der Waals surface area contributed by atoms with Crippen molar-refractivity contribution in [2.75, 3.05) is 11.5 Å². The third-order valence-corrected chi connectivity index (χ3v) is 2.96. The molecule has 2 rings (SSSR count). The quantitative estimate of drug-likeness (QED) is 0.597. The van der Waals surface area contributed by atoms with Crippen molar-refractivity contribution in [3.05, 3.63) is 30.1 Å². The summed E-state index contributed by atoms with van der Waals surface area (Å²) < 4.78 is 0. The maximum Gasteiger partial charge on any atom is 0.134 e. The van der Waals surface area contributed by atoms with Crippen LogP contribution in [-0.2, 0) is 0 Å². The minimum atomic E-state index is -0.989. The van der Waals surface area contributed by atoms with Gasteiger partial charge in [0.25, 0.3) is 0 Å². The summed E-state index contributed by atoms with van der Waals surface area (Å²) in [4.78, 5) is 7.94. The number of aromatic nitrogens is 2. The number of aliphatic hydroxyl groups is 2. The number of hydrogen-bond donors (Lipinski definition) is 4. The summed E-state index contributed by atoms with van der Waals surface area (Å²) in [6.07, 6.45) is -0.519. The third kappa shape index (κ3) is 2.33. The van der Waals surface area contributed by atoms with Gasteiger partial charge in [-0.1, -0.05) is 6.07 Å². The van der Waals surface area contributed by atoms with Gasteiger partial charge in [0.05, 0.1) is 11.6 Å². The van der Waals surface area contributed by atoms with Crippen LogP contribution in [-0.4, -0.2) is 32.0 Å². The van der Waals surface area contributed by atoms with E-state index in [9.17, 15) is 10.2 Å². The zero-order chi connectivity index (χ0) is 12.4. The molecule has 0 radical (unpaired) electrons. The largest absolute Gasteiger partial charge is 0.389 e. The number of anilines is 1. The number of nitrogens with zero attached hydrogens (tertiary/aromatic N) is 2. The molecule has 17 heavy (non-hydrogen) atoms. The standard InChI is InChI=1S/C11H13N3O2S/c12-11-7-3-6(10(16)9(15)4-17)1-2-8(7)13-5-14-11/h1-3,5,9-10,15-17H,4H2,(H2,12,13,14). The zero-order valence-corrected chi connectivity index (χ0v) is 9.88. The van der Waals surface area contributed by atoms with Gasteiger partial charge in [0.2, 0.25) is 0 Å². The Morgan fingerprint density at radius 1 is 1.29 bits per heavy atom. The number of nitrogens with two attached hydrogens (primary N) is 1. The average molecular weight is 251 g/mol. The highest BCUT2D eigenvalue weighted by atomic mass is 32.1. The number of aliphatic hydroxyl groups excluding tert-OH is 2. The highest BCUT2D eigenvalue weighted by molar-refractivity contribution is 7.80. The molecular formula is C11H13N3O2S. The van der Waals surface area contributed by atoms with Gasteiger partial charge >= 0.3 is 0 Å². The smallest absolute Gasteiger partial charge is 0.134 e. The van der Waals surface area contributed by atoms with E-state index in [1.807, 2.05) is 0 Å². The second-order valence-corrected chi connectivity index (χ2v) is 4.10. The number of thiol groups is 1. The van der Waals surface area contributed by atoms with E-state index in [0.717, 1.165) is 0 Å². The fraction of sp³-hybridized carbons (Fsp3) is 0.273. The molecule has 2 atom stereocenters. The first-order valence-electron chi connectivity index (χ1n) is 5.10. The second kappa shape index (κ2) is 4.87. The third-order valence-electron chi connectivity index (χ3n) is 2.58. The lowest BCUT2D eigenvalue weighted by molar-refractivity contribution is 0.0338. The molecule has 0 saturated heterocycles. The fourth-order valence-corrected chi connectivity index (χ4v) is 1.80. The van der Waals surface area contributed by atoms with E-state index in [0.29, 0.717) is 22.3 Å². The van der Waals surface area contributed by atoms with Gasteiger partial charge in [-0.15, -0.1) is 0 Å². The van der Waals surface area contributed by atoms with Crippen LogP contribution in [0.15, 0.2) is 24.5 Å². The Balaban J connectivity index is 2.47. The summed E-state index contributed by atoms with van der Waals surface area (Å²) in [5.41, 5.74) is 7.00. The molecule has 90 valence electrons. The van der Waals surface area contributed by atoms with Crippen LogP contribution in [0.4, 0.5) is 5.82 Å². The van der Waals surface area contributed by atoms with Crippen molar-refractivity contribution >= 4 is 29.3 Å². The molecule has 1 aromatic carbocycles. The molecule has 2 aromatic rings. The molecule has 1 heterocycles. The number of benzene rings is 1. The molecule has 5 nitrogen and oxygen atoms in total. The lowest BCUT2D eigenvalue weighted by atomic mass is 10.0. The molecule has 4 N–H and O–H groups in total. The molecule has 0 aliphatic heterocycles. The molecule has 0 amide bonds. The molecule has 0 saturated carbocycles. The van der Waals surface area contributed by atoms with E-state index in [1.165, 1.54) is 6.33 Å². The highest BCUT2D eigenvalue weighted by Gasteiger charge is 2.17. The molecule has 0 spiro atoms. The summed E-state index contributed by atoms with van der Waals surface area (Å²) in [6.45, 7) is 0. The topological polar surface area (TPSA) is 92.3 Å². The van der Waals surface area contributed by atoms with Crippen molar-refractivity contribution < 1.29 is 10.2 Å². The lowest BCUT2D eigenvalue weighted by Gasteiger charge is -2.16. The minimum absolute atomic E-state index is 0.181. The lowest BCUT2D eigenvalue weighted by Crippen LogP contribution is -2.19. The van der Waals surface area contributed by atoms with Crippen LogP contribution in [0.5, 0.6) is 0 Å². The first-order chi connectivity index (χ1) is 8.13. The van der Waals surface area contributed by atoms with Crippen molar-refractivity contribution in [3.63, 3.8) is 0 Å². The van der Waals surface area contributed by atoms with Crippen molar-refractivity contribution in [3.8, 4) is 0 Å². The van der Waals surface area contributed by atoms with Gasteiger partial charge in [-0.2, -0.15) is 12.6 Å². The Hall–Kier alpha value is -1.37. The van der Waals surface area contributed by atoms with Crippen LogP contribution in [0.2, 0.25) is 0 Å². The maximum atomic E-state index is 9.86. The van der Waals surface area contributed by atoms with Crippen LogP contribution < -0.4 is 5.73 Å².